The standard InChI is InChI=1S/C10H16NS/c1-9(11-8-12)7-10-5-3-2-4-6-10/h9-10H,1-7H2/t9-/m0/s1. The summed E-state index contributed by atoms with van der Waals surface area (Å²) in [6, 6.07) is 0.144. The first kappa shape index (κ1) is 9.88. The van der Waals surface area contributed by atoms with E-state index in [1.807, 2.05) is 0 Å². The lowest BCUT2D eigenvalue weighted by Crippen LogP contribution is -2.12. The van der Waals surface area contributed by atoms with Crippen molar-refractivity contribution >= 4 is 17.4 Å². The number of hydrogen-bond donors (Lipinski definition) is 0. The Balaban J connectivity index is 2.24. The highest BCUT2D eigenvalue weighted by Gasteiger charge is 2.15. The van der Waals surface area contributed by atoms with Gasteiger partial charge in [-0.2, -0.15) is 0 Å². The molecule has 0 aromatic rings. The second kappa shape index (κ2) is 5.45. The molecule has 1 fully saturated rings. The average Bonchev–Trinajstić information content (AvgIpc) is 2.06. The maximum Gasteiger partial charge on any atom is 0.0606 e. The van der Waals surface area contributed by atoms with E-state index in [1.165, 1.54) is 32.1 Å². The first-order valence-electron chi connectivity index (χ1n) is 4.73. The van der Waals surface area contributed by atoms with Crippen LogP contribution in [0.25, 0.3) is 0 Å². The number of hydrogen-bond acceptors (Lipinski definition) is 2. The van der Waals surface area contributed by atoms with Gasteiger partial charge in [0.15, 0.2) is 0 Å². The van der Waals surface area contributed by atoms with Gasteiger partial charge >= 0.3 is 0 Å². The fourth-order valence-corrected chi connectivity index (χ4v) is 2.08. The minimum atomic E-state index is 0.144. The van der Waals surface area contributed by atoms with Crippen LogP contribution in [-0.2, 0) is 0 Å². The maximum absolute atomic E-state index is 4.54. The normalized spacial score (nSPS) is 21.4. The lowest BCUT2D eigenvalue weighted by molar-refractivity contribution is 0.330. The molecule has 0 aliphatic heterocycles. The minimum Gasteiger partial charge on any atom is -0.229 e. The summed E-state index contributed by atoms with van der Waals surface area (Å²) in [5.41, 5.74) is 0. The molecule has 0 bridgehead atoms. The van der Waals surface area contributed by atoms with Crippen molar-refractivity contribution < 1.29 is 0 Å². The zero-order chi connectivity index (χ0) is 8.81. The topological polar surface area (TPSA) is 12.4 Å². The molecule has 1 saturated carbocycles. The van der Waals surface area contributed by atoms with Gasteiger partial charge in [0, 0.05) is 0 Å². The first-order chi connectivity index (χ1) is 5.83. The fourth-order valence-electron chi connectivity index (χ4n) is 1.93. The van der Waals surface area contributed by atoms with Crippen molar-refractivity contribution in [1.82, 2.24) is 0 Å². The Bertz CT molecular complexity index is 167. The Labute approximate surface area is 80.3 Å². The van der Waals surface area contributed by atoms with Crippen molar-refractivity contribution in [3.63, 3.8) is 0 Å². The molecule has 0 unspecified atom stereocenters. The van der Waals surface area contributed by atoms with Crippen molar-refractivity contribution in [2.24, 2.45) is 10.9 Å². The molecule has 0 spiro atoms. The molecule has 12 heavy (non-hydrogen) atoms. The van der Waals surface area contributed by atoms with Crippen molar-refractivity contribution in [3.8, 4) is 0 Å². The van der Waals surface area contributed by atoms with Crippen LogP contribution in [0.4, 0.5) is 0 Å². The lowest BCUT2D eigenvalue weighted by Gasteiger charge is -2.22. The number of nitrogens with zero attached hydrogens (tertiary/aromatic N) is 1. The van der Waals surface area contributed by atoms with Crippen LogP contribution in [0.2, 0.25) is 0 Å². The third kappa shape index (κ3) is 3.46. The van der Waals surface area contributed by atoms with E-state index in [1.54, 1.807) is 0 Å². The molecule has 0 saturated heterocycles. The molecule has 1 nitrogen and oxygen atoms in total. The van der Waals surface area contributed by atoms with Gasteiger partial charge < -0.3 is 0 Å². The van der Waals surface area contributed by atoms with Gasteiger partial charge in [0.1, 0.15) is 0 Å². The van der Waals surface area contributed by atoms with E-state index in [0.29, 0.717) is 0 Å². The van der Waals surface area contributed by atoms with E-state index in [2.05, 4.69) is 29.3 Å². The summed E-state index contributed by atoms with van der Waals surface area (Å²) in [7, 11) is 0. The summed E-state index contributed by atoms with van der Waals surface area (Å²) in [5, 5.41) is 2.40. The van der Waals surface area contributed by atoms with Gasteiger partial charge in [-0.3, -0.25) is 0 Å². The van der Waals surface area contributed by atoms with E-state index >= 15 is 0 Å². The molecule has 0 N–H and O–H groups in total. The Hall–Kier alpha value is -0.200. The summed E-state index contributed by atoms with van der Waals surface area (Å²) in [5.74, 6) is 0.841. The summed E-state index contributed by atoms with van der Waals surface area (Å²) >= 11 is 4.54. The molecule has 0 amide bonds. The van der Waals surface area contributed by atoms with Crippen LogP contribution in [0.3, 0.4) is 0 Å². The number of isothiocyanates is 1. The van der Waals surface area contributed by atoms with Gasteiger partial charge in [-0.15, -0.1) is 0 Å². The van der Waals surface area contributed by atoms with Crippen molar-refractivity contribution in [2.75, 3.05) is 0 Å². The van der Waals surface area contributed by atoms with Crippen molar-refractivity contribution in [2.45, 2.75) is 44.6 Å². The molecule has 0 heterocycles. The molecular formula is C10H16NS. The zero-order valence-corrected chi connectivity index (χ0v) is 8.28. The zero-order valence-electron chi connectivity index (χ0n) is 7.46. The lowest BCUT2D eigenvalue weighted by atomic mass is 9.85. The van der Waals surface area contributed by atoms with Gasteiger partial charge in [0.25, 0.3) is 0 Å². The van der Waals surface area contributed by atoms with Gasteiger partial charge in [-0.25, -0.2) is 4.99 Å². The molecule has 0 aromatic carbocycles. The third-order valence-electron chi connectivity index (χ3n) is 2.57. The van der Waals surface area contributed by atoms with E-state index in [4.69, 9.17) is 0 Å². The van der Waals surface area contributed by atoms with Gasteiger partial charge in [0.2, 0.25) is 0 Å². The van der Waals surface area contributed by atoms with Gasteiger partial charge in [0.05, 0.1) is 11.2 Å². The predicted octanol–water partition coefficient (Wildman–Crippen LogP) is 3.26. The minimum absolute atomic E-state index is 0.144. The molecule has 1 aliphatic carbocycles. The second-order valence-electron chi connectivity index (χ2n) is 3.61. The highest BCUT2D eigenvalue weighted by atomic mass is 32.1. The van der Waals surface area contributed by atoms with Crippen LogP contribution in [0.15, 0.2) is 4.99 Å². The molecular weight excluding hydrogens is 166 g/mol. The Morgan fingerprint density at radius 2 is 2.08 bits per heavy atom. The van der Waals surface area contributed by atoms with Crippen molar-refractivity contribution in [3.05, 3.63) is 6.92 Å². The maximum atomic E-state index is 4.54. The van der Waals surface area contributed by atoms with Crippen LogP contribution in [0.5, 0.6) is 0 Å². The summed E-state index contributed by atoms with van der Waals surface area (Å²) < 4.78 is 0. The molecule has 1 radical (unpaired) electrons. The number of rotatable bonds is 3. The molecule has 1 rings (SSSR count). The Kier molecular flexibility index (Phi) is 4.49. The molecule has 1 atom stereocenters. The fraction of sp³-hybridized carbons (Fsp3) is 0.800. The first-order valence-corrected chi connectivity index (χ1v) is 5.14. The Morgan fingerprint density at radius 1 is 1.42 bits per heavy atom. The van der Waals surface area contributed by atoms with Crippen LogP contribution < -0.4 is 0 Å². The van der Waals surface area contributed by atoms with E-state index in [0.717, 1.165) is 12.3 Å². The summed E-state index contributed by atoms with van der Waals surface area (Å²) in [4.78, 5) is 3.97. The van der Waals surface area contributed by atoms with Crippen LogP contribution in [0.1, 0.15) is 38.5 Å². The van der Waals surface area contributed by atoms with Crippen LogP contribution >= 0.6 is 12.2 Å². The number of thiocarbonyl (C=S) groups is 1. The smallest absolute Gasteiger partial charge is 0.0606 e. The van der Waals surface area contributed by atoms with Gasteiger partial charge in [-0.05, 0) is 31.5 Å². The SMILES string of the molecule is [CH2][C@@H](CC1CCCCC1)N=C=S. The summed E-state index contributed by atoms with van der Waals surface area (Å²) in [6.45, 7) is 3.93. The second-order valence-corrected chi connectivity index (χ2v) is 3.80. The highest BCUT2D eigenvalue weighted by molar-refractivity contribution is 7.78. The molecule has 1 aliphatic rings. The monoisotopic (exact) mass is 182 g/mol. The highest BCUT2D eigenvalue weighted by Crippen LogP contribution is 2.27. The van der Waals surface area contributed by atoms with E-state index in [-0.39, 0.29) is 6.04 Å². The summed E-state index contributed by atoms with van der Waals surface area (Å²) in [6.07, 6.45) is 8.01. The Morgan fingerprint density at radius 3 is 2.67 bits per heavy atom. The van der Waals surface area contributed by atoms with Crippen LogP contribution in [0, 0.1) is 12.8 Å². The van der Waals surface area contributed by atoms with E-state index in [9.17, 15) is 0 Å². The average molecular weight is 182 g/mol. The third-order valence-corrected chi connectivity index (χ3v) is 2.67. The largest absolute Gasteiger partial charge is 0.229 e. The van der Waals surface area contributed by atoms with Crippen molar-refractivity contribution in [1.29, 1.82) is 0 Å². The quantitative estimate of drug-likeness (QED) is 0.482. The molecule has 67 valence electrons. The number of aliphatic imine (C=N–C) groups is 1. The van der Waals surface area contributed by atoms with Gasteiger partial charge in [-0.1, -0.05) is 32.1 Å². The predicted molar refractivity (Wildman–Crippen MR) is 55.4 cm³/mol. The molecule has 2 heteroatoms. The molecule has 0 aromatic heterocycles. The van der Waals surface area contributed by atoms with E-state index < -0.39 is 0 Å². The van der Waals surface area contributed by atoms with Crippen LogP contribution in [-0.4, -0.2) is 11.2 Å².